The van der Waals surface area contributed by atoms with E-state index < -0.39 is 0 Å². The summed E-state index contributed by atoms with van der Waals surface area (Å²) in [5.74, 6) is 3.18. The molecule has 0 nitrogen and oxygen atoms in total. The van der Waals surface area contributed by atoms with Crippen molar-refractivity contribution in [2.45, 2.75) is 44.2 Å². The molecule has 1 aromatic carbocycles. The van der Waals surface area contributed by atoms with Gasteiger partial charge in [0.05, 0.1) is 0 Å². The quantitative estimate of drug-likeness (QED) is 0.667. The molecule has 1 heteroatoms. The molecule has 0 amide bonds. The average molecular weight is 258 g/mol. The highest BCUT2D eigenvalue weighted by molar-refractivity contribution is 7.17. The summed E-state index contributed by atoms with van der Waals surface area (Å²) in [5.41, 5.74) is 2.86. The standard InChI is InChI=1S/C17H23P/c18-16(15-4-2-1-3-5-15)17-9-12-6-13(10-17)8-14(7-12)11-17/h1-5,12-14,16H,6-11,18H2. The minimum atomic E-state index is 0.626. The Balaban J connectivity index is 1.67. The molecule has 96 valence electrons. The second kappa shape index (κ2) is 4.07. The Kier molecular flexibility index (Phi) is 2.60. The van der Waals surface area contributed by atoms with E-state index in [0.717, 1.165) is 17.8 Å². The molecule has 0 aliphatic heterocycles. The molecule has 18 heavy (non-hydrogen) atoms. The van der Waals surface area contributed by atoms with E-state index in [1.807, 2.05) is 0 Å². The number of hydrogen-bond donors (Lipinski definition) is 0. The molecule has 4 aliphatic carbocycles. The van der Waals surface area contributed by atoms with Gasteiger partial charge in [0.2, 0.25) is 0 Å². The monoisotopic (exact) mass is 258 g/mol. The van der Waals surface area contributed by atoms with Crippen molar-refractivity contribution in [2.75, 3.05) is 0 Å². The molecular formula is C17H23P. The van der Waals surface area contributed by atoms with Crippen molar-refractivity contribution in [2.24, 2.45) is 23.2 Å². The number of rotatable bonds is 2. The molecule has 5 rings (SSSR count). The first-order valence-electron chi connectivity index (χ1n) is 7.56. The van der Waals surface area contributed by atoms with Crippen molar-refractivity contribution in [1.82, 2.24) is 0 Å². The van der Waals surface area contributed by atoms with Crippen molar-refractivity contribution < 1.29 is 0 Å². The minimum absolute atomic E-state index is 0.626. The Hall–Kier alpha value is -0.350. The summed E-state index contributed by atoms with van der Waals surface area (Å²) in [6.07, 6.45) is 9.15. The van der Waals surface area contributed by atoms with Crippen LogP contribution in [0.5, 0.6) is 0 Å². The van der Waals surface area contributed by atoms with Crippen LogP contribution < -0.4 is 0 Å². The van der Waals surface area contributed by atoms with Gasteiger partial charge in [-0.15, -0.1) is 9.24 Å². The Bertz CT molecular complexity index is 401. The SMILES string of the molecule is PC(c1ccccc1)C12CC3CC(CC(C3)C1)C2. The van der Waals surface area contributed by atoms with Gasteiger partial charge in [-0.25, -0.2) is 0 Å². The van der Waals surface area contributed by atoms with Crippen LogP contribution in [0.4, 0.5) is 0 Å². The van der Waals surface area contributed by atoms with Crippen LogP contribution in [0.15, 0.2) is 30.3 Å². The summed E-state index contributed by atoms with van der Waals surface area (Å²) in [4.78, 5) is 0. The van der Waals surface area contributed by atoms with Gasteiger partial charge < -0.3 is 0 Å². The van der Waals surface area contributed by atoms with Crippen LogP contribution in [-0.4, -0.2) is 0 Å². The number of benzene rings is 1. The molecule has 0 N–H and O–H groups in total. The molecule has 0 radical (unpaired) electrons. The lowest BCUT2D eigenvalue weighted by Crippen LogP contribution is -2.47. The van der Waals surface area contributed by atoms with E-state index >= 15 is 0 Å². The maximum absolute atomic E-state index is 3.20. The molecule has 4 aliphatic rings. The van der Waals surface area contributed by atoms with E-state index in [9.17, 15) is 0 Å². The van der Waals surface area contributed by atoms with Gasteiger partial charge in [-0.2, -0.15) is 0 Å². The van der Waals surface area contributed by atoms with Crippen LogP contribution in [0.1, 0.15) is 49.7 Å². The fourth-order valence-corrected chi connectivity index (χ4v) is 6.20. The van der Waals surface area contributed by atoms with Crippen LogP contribution in [0, 0.1) is 23.2 Å². The van der Waals surface area contributed by atoms with E-state index in [1.165, 1.54) is 19.3 Å². The van der Waals surface area contributed by atoms with Crippen molar-refractivity contribution in [3.63, 3.8) is 0 Å². The molecule has 4 fully saturated rings. The summed E-state index contributed by atoms with van der Waals surface area (Å²) in [6, 6.07) is 11.2. The van der Waals surface area contributed by atoms with Gasteiger partial charge in [0.15, 0.2) is 0 Å². The van der Waals surface area contributed by atoms with Gasteiger partial charge in [0, 0.05) is 5.66 Å². The van der Waals surface area contributed by atoms with Gasteiger partial charge >= 0.3 is 0 Å². The molecule has 0 aromatic heterocycles. The normalized spacial score (nSPS) is 43.1. The van der Waals surface area contributed by atoms with E-state index in [-0.39, 0.29) is 0 Å². The first-order valence-corrected chi connectivity index (χ1v) is 8.22. The molecular weight excluding hydrogens is 235 g/mol. The zero-order valence-corrected chi connectivity index (χ0v) is 12.2. The predicted octanol–water partition coefficient (Wildman–Crippen LogP) is 4.82. The third-order valence-corrected chi connectivity index (χ3v) is 7.00. The fourth-order valence-electron chi connectivity index (χ4n) is 5.57. The lowest BCUT2D eigenvalue weighted by Gasteiger charge is -2.59. The lowest BCUT2D eigenvalue weighted by atomic mass is 9.48. The number of hydrogen-bond acceptors (Lipinski definition) is 0. The zero-order chi connectivity index (χ0) is 12.2. The second-order valence-corrected chi connectivity index (χ2v) is 7.83. The Morgan fingerprint density at radius 3 is 1.89 bits per heavy atom. The maximum atomic E-state index is 3.20. The van der Waals surface area contributed by atoms with Crippen LogP contribution in [0.2, 0.25) is 0 Å². The predicted molar refractivity (Wildman–Crippen MR) is 79.5 cm³/mol. The molecule has 0 spiro atoms. The van der Waals surface area contributed by atoms with Crippen molar-refractivity contribution >= 4 is 9.24 Å². The molecule has 1 aromatic rings. The van der Waals surface area contributed by atoms with Gasteiger partial charge in [0.1, 0.15) is 0 Å². The third-order valence-electron chi connectivity index (χ3n) is 5.90. The fraction of sp³-hybridized carbons (Fsp3) is 0.647. The lowest BCUT2D eigenvalue weighted by molar-refractivity contribution is -0.0541. The molecule has 4 bridgehead atoms. The highest BCUT2D eigenvalue weighted by atomic mass is 31.0. The van der Waals surface area contributed by atoms with Crippen molar-refractivity contribution in [3.8, 4) is 0 Å². The molecule has 0 heterocycles. The zero-order valence-electron chi connectivity index (χ0n) is 11.0. The summed E-state index contributed by atoms with van der Waals surface area (Å²) in [5, 5.41) is 0. The molecule has 0 saturated heterocycles. The van der Waals surface area contributed by atoms with Crippen molar-refractivity contribution in [3.05, 3.63) is 35.9 Å². The van der Waals surface area contributed by atoms with Gasteiger partial charge in [-0.05, 0) is 67.3 Å². The summed E-state index contributed by atoms with van der Waals surface area (Å²) in [6.45, 7) is 0. The highest BCUT2D eigenvalue weighted by Crippen LogP contribution is 2.65. The summed E-state index contributed by atoms with van der Waals surface area (Å²) in [7, 11) is 3.20. The summed E-state index contributed by atoms with van der Waals surface area (Å²) < 4.78 is 0. The largest absolute Gasteiger partial charge is 0.129 e. The first kappa shape index (κ1) is 11.5. The average Bonchev–Trinajstić information content (AvgIpc) is 2.37. The Morgan fingerprint density at radius 2 is 1.39 bits per heavy atom. The van der Waals surface area contributed by atoms with Gasteiger partial charge in [-0.1, -0.05) is 30.3 Å². The van der Waals surface area contributed by atoms with Crippen LogP contribution >= 0.6 is 9.24 Å². The Morgan fingerprint density at radius 1 is 0.889 bits per heavy atom. The topological polar surface area (TPSA) is 0 Å². The first-order chi connectivity index (χ1) is 8.75. The molecule has 2 unspecified atom stereocenters. The molecule has 2 atom stereocenters. The van der Waals surface area contributed by atoms with Crippen molar-refractivity contribution in [1.29, 1.82) is 0 Å². The van der Waals surface area contributed by atoms with E-state index in [2.05, 4.69) is 39.6 Å². The van der Waals surface area contributed by atoms with Gasteiger partial charge in [0.25, 0.3) is 0 Å². The van der Waals surface area contributed by atoms with Crippen LogP contribution in [-0.2, 0) is 0 Å². The highest BCUT2D eigenvalue weighted by Gasteiger charge is 2.53. The maximum Gasteiger partial charge on any atom is 0.00420 e. The third kappa shape index (κ3) is 1.68. The van der Waals surface area contributed by atoms with E-state index in [4.69, 9.17) is 0 Å². The second-order valence-electron chi connectivity index (χ2n) is 7.17. The van der Waals surface area contributed by atoms with Gasteiger partial charge in [-0.3, -0.25) is 0 Å². The minimum Gasteiger partial charge on any atom is -0.129 e. The smallest absolute Gasteiger partial charge is 0.00420 e. The van der Waals surface area contributed by atoms with Crippen LogP contribution in [0.25, 0.3) is 0 Å². The van der Waals surface area contributed by atoms with E-state index in [0.29, 0.717) is 11.1 Å². The Labute approximate surface area is 113 Å². The summed E-state index contributed by atoms with van der Waals surface area (Å²) >= 11 is 0. The van der Waals surface area contributed by atoms with E-state index in [1.54, 1.807) is 24.8 Å². The molecule has 4 saturated carbocycles. The van der Waals surface area contributed by atoms with Crippen LogP contribution in [0.3, 0.4) is 0 Å².